The van der Waals surface area contributed by atoms with Crippen molar-refractivity contribution in [2.75, 3.05) is 19.0 Å². The maximum Gasteiger partial charge on any atom is 0.161 e. The summed E-state index contributed by atoms with van der Waals surface area (Å²) in [6.07, 6.45) is 0.966. The number of rotatable bonds is 2. The van der Waals surface area contributed by atoms with Gasteiger partial charge in [-0.05, 0) is 30.7 Å². The lowest BCUT2D eigenvalue weighted by Crippen LogP contribution is -1.98. The summed E-state index contributed by atoms with van der Waals surface area (Å²) in [7, 11) is 1.86. The molecule has 4 nitrogen and oxygen atoms in total. The minimum atomic E-state index is 0.758. The molecule has 92 valence electrons. The third-order valence-corrected chi connectivity index (χ3v) is 3.06. The van der Waals surface area contributed by atoms with Crippen molar-refractivity contribution in [2.45, 2.75) is 13.3 Å². The number of hydrogen-bond acceptors (Lipinski definition) is 4. The van der Waals surface area contributed by atoms with Crippen LogP contribution in [0.15, 0.2) is 24.3 Å². The van der Waals surface area contributed by atoms with Crippen molar-refractivity contribution >= 4 is 5.82 Å². The Kier molecular flexibility index (Phi) is 2.63. The molecule has 1 aliphatic rings. The van der Waals surface area contributed by atoms with E-state index in [1.807, 2.05) is 32.2 Å². The van der Waals surface area contributed by atoms with Gasteiger partial charge in [0.2, 0.25) is 0 Å². The number of benzene rings is 1. The van der Waals surface area contributed by atoms with Gasteiger partial charge in [-0.1, -0.05) is 0 Å². The molecule has 4 heteroatoms. The highest BCUT2D eigenvalue weighted by Gasteiger charge is 2.14. The molecule has 0 saturated heterocycles. The monoisotopic (exact) mass is 241 g/mol. The summed E-state index contributed by atoms with van der Waals surface area (Å²) in [6, 6.07) is 8.07. The second-order valence-corrected chi connectivity index (χ2v) is 4.39. The third-order valence-electron chi connectivity index (χ3n) is 3.06. The van der Waals surface area contributed by atoms with Crippen LogP contribution in [0.3, 0.4) is 0 Å². The first kappa shape index (κ1) is 11.0. The third kappa shape index (κ3) is 1.90. The minimum Gasteiger partial charge on any atom is -0.493 e. The predicted molar refractivity (Wildman–Crippen MR) is 71.0 cm³/mol. The van der Waals surface area contributed by atoms with Gasteiger partial charge < -0.3 is 10.1 Å². The van der Waals surface area contributed by atoms with Crippen LogP contribution in [-0.4, -0.2) is 23.6 Å². The molecule has 0 atom stereocenters. The second-order valence-electron chi connectivity index (χ2n) is 4.39. The zero-order valence-corrected chi connectivity index (χ0v) is 10.5. The smallest absolute Gasteiger partial charge is 0.161 e. The lowest BCUT2D eigenvalue weighted by atomic mass is 10.1. The number of aromatic nitrogens is 2. The van der Waals surface area contributed by atoms with E-state index < -0.39 is 0 Å². The number of fused-ring (bicyclic) bond motifs is 1. The Morgan fingerprint density at radius 2 is 2.11 bits per heavy atom. The van der Waals surface area contributed by atoms with Crippen molar-refractivity contribution in [2.24, 2.45) is 0 Å². The van der Waals surface area contributed by atoms with Gasteiger partial charge in [-0.15, -0.1) is 0 Å². The van der Waals surface area contributed by atoms with Gasteiger partial charge in [-0.25, -0.2) is 9.97 Å². The van der Waals surface area contributed by atoms with E-state index in [-0.39, 0.29) is 0 Å². The number of anilines is 1. The Morgan fingerprint density at radius 1 is 1.22 bits per heavy atom. The number of aryl methyl sites for hydroxylation is 1. The first-order valence-electron chi connectivity index (χ1n) is 6.06. The van der Waals surface area contributed by atoms with E-state index in [4.69, 9.17) is 4.74 Å². The van der Waals surface area contributed by atoms with E-state index in [0.29, 0.717) is 0 Å². The zero-order valence-electron chi connectivity index (χ0n) is 10.5. The van der Waals surface area contributed by atoms with Crippen LogP contribution in [0.2, 0.25) is 0 Å². The summed E-state index contributed by atoms with van der Waals surface area (Å²) in [5, 5.41) is 3.05. The Morgan fingerprint density at radius 3 is 2.94 bits per heavy atom. The molecule has 0 aliphatic carbocycles. The van der Waals surface area contributed by atoms with Crippen molar-refractivity contribution in [1.82, 2.24) is 9.97 Å². The summed E-state index contributed by atoms with van der Waals surface area (Å²) < 4.78 is 5.50. The highest BCUT2D eigenvalue weighted by atomic mass is 16.5. The van der Waals surface area contributed by atoms with E-state index in [9.17, 15) is 0 Å². The normalized spacial score (nSPS) is 13.0. The quantitative estimate of drug-likeness (QED) is 0.877. The van der Waals surface area contributed by atoms with Crippen LogP contribution in [-0.2, 0) is 6.42 Å². The maximum atomic E-state index is 5.50. The van der Waals surface area contributed by atoms with E-state index in [1.165, 1.54) is 5.56 Å². The fraction of sp³-hybridized carbons (Fsp3) is 0.286. The van der Waals surface area contributed by atoms with Gasteiger partial charge in [0, 0.05) is 30.8 Å². The summed E-state index contributed by atoms with van der Waals surface area (Å²) in [4.78, 5) is 8.97. The summed E-state index contributed by atoms with van der Waals surface area (Å²) in [5.41, 5.74) is 3.24. The van der Waals surface area contributed by atoms with Gasteiger partial charge in [-0.3, -0.25) is 0 Å². The van der Waals surface area contributed by atoms with Gasteiger partial charge in [0.1, 0.15) is 11.6 Å². The molecular weight excluding hydrogens is 226 g/mol. The predicted octanol–water partition coefficient (Wildman–Crippen LogP) is 2.43. The molecular formula is C14H15N3O. The van der Waals surface area contributed by atoms with Crippen molar-refractivity contribution in [3.63, 3.8) is 0 Å². The molecule has 0 amide bonds. The molecule has 0 bridgehead atoms. The largest absolute Gasteiger partial charge is 0.493 e. The van der Waals surface area contributed by atoms with Gasteiger partial charge in [0.15, 0.2) is 5.82 Å². The van der Waals surface area contributed by atoms with Crippen LogP contribution in [0.25, 0.3) is 11.4 Å². The first-order valence-corrected chi connectivity index (χ1v) is 6.06. The average molecular weight is 241 g/mol. The fourth-order valence-corrected chi connectivity index (χ4v) is 2.15. The molecule has 1 aliphatic heterocycles. The number of nitrogens with one attached hydrogen (secondary N) is 1. The van der Waals surface area contributed by atoms with E-state index in [0.717, 1.165) is 41.7 Å². The van der Waals surface area contributed by atoms with Crippen LogP contribution < -0.4 is 10.1 Å². The Bertz CT molecular complexity index is 596. The van der Waals surface area contributed by atoms with Crippen LogP contribution in [0.4, 0.5) is 5.82 Å². The van der Waals surface area contributed by atoms with Gasteiger partial charge >= 0.3 is 0 Å². The fourth-order valence-electron chi connectivity index (χ4n) is 2.15. The summed E-state index contributed by atoms with van der Waals surface area (Å²) in [5.74, 6) is 2.59. The molecule has 0 fully saturated rings. The molecule has 18 heavy (non-hydrogen) atoms. The molecule has 3 rings (SSSR count). The molecule has 2 heterocycles. The first-order chi connectivity index (χ1) is 8.76. The van der Waals surface area contributed by atoms with Gasteiger partial charge in [0.25, 0.3) is 0 Å². The number of ether oxygens (including phenoxy) is 1. The van der Waals surface area contributed by atoms with Gasteiger partial charge in [-0.2, -0.15) is 0 Å². The minimum absolute atomic E-state index is 0.758. The molecule has 2 aromatic rings. The van der Waals surface area contributed by atoms with Crippen LogP contribution in [0, 0.1) is 6.92 Å². The maximum absolute atomic E-state index is 5.50. The lowest BCUT2D eigenvalue weighted by molar-refractivity contribution is 0.357. The number of nitrogens with zero attached hydrogens (tertiary/aromatic N) is 2. The summed E-state index contributed by atoms with van der Waals surface area (Å²) in [6.45, 7) is 2.75. The van der Waals surface area contributed by atoms with E-state index in [1.54, 1.807) is 0 Å². The molecule has 0 radical (unpaired) electrons. The SMILES string of the molecule is CNc1cc(C)nc(-c2ccc3c(c2)CCO3)n1. The van der Waals surface area contributed by atoms with E-state index >= 15 is 0 Å². The zero-order chi connectivity index (χ0) is 12.5. The van der Waals surface area contributed by atoms with Crippen LogP contribution in [0.1, 0.15) is 11.3 Å². The molecule has 0 spiro atoms. The molecule has 1 aromatic carbocycles. The molecule has 1 N–H and O–H groups in total. The highest BCUT2D eigenvalue weighted by molar-refractivity contribution is 5.61. The summed E-state index contributed by atoms with van der Waals surface area (Å²) >= 11 is 0. The molecule has 1 aromatic heterocycles. The Hall–Kier alpha value is -2.10. The molecule has 0 saturated carbocycles. The average Bonchev–Trinajstić information content (AvgIpc) is 2.85. The topological polar surface area (TPSA) is 47.0 Å². The second kappa shape index (κ2) is 4.29. The highest BCUT2D eigenvalue weighted by Crippen LogP contribution is 2.29. The van der Waals surface area contributed by atoms with Gasteiger partial charge in [0.05, 0.1) is 6.61 Å². The van der Waals surface area contributed by atoms with Crippen LogP contribution >= 0.6 is 0 Å². The Labute approximate surface area is 106 Å². The van der Waals surface area contributed by atoms with Crippen molar-refractivity contribution < 1.29 is 4.74 Å². The van der Waals surface area contributed by atoms with Crippen molar-refractivity contribution in [1.29, 1.82) is 0 Å². The molecule has 0 unspecified atom stereocenters. The standard InChI is InChI=1S/C14H15N3O/c1-9-7-13(15-2)17-14(16-9)11-3-4-12-10(8-11)5-6-18-12/h3-4,7-8H,5-6H2,1-2H3,(H,15,16,17). The Balaban J connectivity index is 2.06. The lowest BCUT2D eigenvalue weighted by Gasteiger charge is -2.06. The van der Waals surface area contributed by atoms with Crippen LogP contribution in [0.5, 0.6) is 5.75 Å². The van der Waals surface area contributed by atoms with E-state index in [2.05, 4.69) is 21.4 Å². The van der Waals surface area contributed by atoms with Crippen molar-refractivity contribution in [3.05, 3.63) is 35.5 Å². The number of hydrogen-bond donors (Lipinski definition) is 1. The van der Waals surface area contributed by atoms with Crippen molar-refractivity contribution in [3.8, 4) is 17.1 Å².